The molecule has 0 saturated carbocycles. The third kappa shape index (κ3) is 6.01. The van der Waals surface area contributed by atoms with Crippen LogP contribution in [0.4, 0.5) is 0 Å². The van der Waals surface area contributed by atoms with Crippen LogP contribution in [0.3, 0.4) is 0 Å². The molecule has 0 amide bonds. The van der Waals surface area contributed by atoms with E-state index >= 15 is 0 Å². The molecule has 0 aromatic heterocycles. The Kier molecular flexibility index (Phi) is 7.56. The highest BCUT2D eigenvalue weighted by Crippen LogP contribution is 2.12. The molecule has 0 atom stereocenters. The number of nitrogens with zero attached hydrogens (tertiary/aromatic N) is 2. The van der Waals surface area contributed by atoms with Crippen molar-refractivity contribution in [2.75, 3.05) is 33.4 Å². The van der Waals surface area contributed by atoms with Gasteiger partial charge < -0.3 is 20.4 Å². The van der Waals surface area contributed by atoms with Crippen molar-refractivity contribution in [2.24, 2.45) is 10.9 Å². The van der Waals surface area contributed by atoms with Gasteiger partial charge in [-0.3, -0.25) is 4.90 Å². The number of benzene rings is 1. The summed E-state index contributed by atoms with van der Waals surface area (Å²) in [4.78, 5) is 2.30. The molecule has 0 saturated heterocycles. The van der Waals surface area contributed by atoms with Crippen LogP contribution in [-0.4, -0.2) is 55.4 Å². The summed E-state index contributed by atoms with van der Waals surface area (Å²) in [5, 5.41) is 11.6. The van der Waals surface area contributed by atoms with E-state index in [0.717, 1.165) is 18.8 Å². The van der Waals surface area contributed by atoms with Gasteiger partial charge in [0.05, 0.1) is 6.61 Å². The number of hydrogen-bond donors (Lipinski definition) is 2. The minimum Gasteiger partial charge on any atom is -0.492 e. The predicted octanol–water partition coefficient (Wildman–Crippen LogP) is 1.52. The van der Waals surface area contributed by atoms with Crippen LogP contribution in [-0.2, 0) is 4.74 Å². The Bertz CT molecular complexity index is 432. The van der Waals surface area contributed by atoms with Crippen LogP contribution in [0.25, 0.3) is 0 Å². The van der Waals surface area contributed by atoms with Crippen molar-refractivity contribution < 1.29 is 14.7 Å². The molecular formula is C15H25N3O3. The Labute approximate surface area is 126 Å². The first-order chi connectivity index (χ1) is 10.1. The molecule has 0 aliphatic carbocycles. The fourth-order valence-corrected chi connectivity index (χ4v) is 1.90. The summed E-state index contributed by atoms with van der Waals surface area (Å²) in [6, 6.07) is 7.59. The number of oxime groups is 1. The van der Waals surface area contributed by atoms with Gasteiger partial charge in [0.25, 0.3) is 0 Å². The van der Waals surface area contributed by atoms with Crippen molar-refractivity contribution in [2.45, 2.75) is 19.9 Å². The van der Waals surface area contributed by atoms with E-state index < -0.39 is 0 Å². The second kappa shape index (κ2) is 9.20. The predicted molar refractivity (Wildman–Crippen MR) is 83.0 cm³/mol. The molecule has 3 N–H and O–H groups in total. The van der Waals surface area contributed by atoms with Crippen molar-refractivity contribution in [1.82, 2.24) is 4.90 Å². The van der Waals surface area contributed by atoms with Crippen molar-refractivity contribution >= 4 is 5.84 Å². The van der Waals surface area contributed by atoms with E-state index in [9.17, 15) is 0 Å². The van der Waals surface area contributed by atoms with Crippen LogP contribution in [0.5, 0.6) is 5.75 Å². The summed E-state index contributed by atoms with van der Waals surface area (Å²) in [6.07, 6.45) is 0. The normalized spacial score (nSPS) is 12.1. The maximum Gasteiger partial charge on any atom is 0.170 e. The molecule has 0 fully saturated rings. The molecule has 6 nitrogen and oxygen atoms in total. The minimum absolute atomic E-state index is 0.0899. The van der Waals surface area contributed by atoms with Gasteiger partial charge in [0, 0.05) is 31.8 Å². The Hall–Kier alpha value is -1.79. The van der Waals surface area contributed by atoms with Gasteiger partial charge in [-0.15, -0.1) is 0 Å². The second-order valence-corrected chi connectivity index (χ2v) is 4.98. The average molecular weight is 295 g/mol. The van der Waals surface area contributed by atoms with Crippen LogP contribution in [0.2, 0.25) is 0 Å². The first-order valence-electron chi connectivity index (χ1n) is 7.02. The van der Waals surface area contributed by atoms with E-state index in [0.29, 0.717) is 24.8 Å². The van der Waals surface area contributed by atoms with Crippen molar-refractivity contribution in [3.05, 3.63) is 29.8 Å². The zero-order valence-corrected chi connectivity index (χ0v) is 13.0. The zero-order chi connectivity index (χ0) is 15.7. The summed E-state index contributed by atoms with van der Waals surface area (Å²) in [7, 11) is 1.71. The zero-order valence-electron chi connectivity index (χ0n) is 13.0. The molecule has 0 aliphatic rings. The number of amidine groups is 1. The van der Waals surface area contributed by atoms with Gasteiger partial charge in [0.1, 0.15) is 12.4 Å². The summed E-state index contributed by atoms with van der Waals surface area (Å²) in [5.74, 6) is 0.854. The Morgan fingerprint density at radius 1 is 1.24 bits per heavy atom. The standard InChI is InChI=1S/C15H25N3O3/c1-12(2)18(8-10-20-3)9-11-21-14-6-4-13(5-7-14)15(16)17-19/h4-7,12,19H,8-11H2,1-3H3,(H2,16,17). The second-order valence-electron chi connectivity index (χ2n) is 4.98. The van der Waals surface area contributed by atoms with Crippen molar-refractivity contribution in [3.63, 3.8) is 0 Å². The van der Waals surface area contributed by atoms with Crippen LogP contribution in [0.15, 0.2) is 29.4 Å². The quantitative estimate of drug-likeness (QED) is 0.312. The Balaban J connectivity index is 2.44. The first-order valence-corrected chi connectivity index (χ1v) is 7.02. The largest absolute Gasteiger partial charge is 0.492 e. The fraction of sp³-hybridized carbons (Fsp3) is 0.533. The summed E-state index contributed by atoms with van der Waals surface area (Å²) in [5.41, 5.74) is 6.17. The number of methoxy groups -OCH3 is 1. The van der Waals surface area contributed by atoms with Gasteiger partial charge in [-0.25, -0.2) is 0 Å². The topological polar surface area (TPSA) is 80.3 Å². The molecule has 0 heterocycles. The molecule has 0 aliphatic heterocycles. The minimum atomic E-state index is 0.0899. The number of hydrogen-bond acceptors (Lipinski definition) is 5. The third-order valence-corrected chi connectivity index (χ3v) is 3.22. The van der Waals surface area contributed by atoms with Gasteiger partial charge in [-0.05, 0) is 38.1 Å². The molecule has 118 valence electrons. The lowest BCUT2D eigenvalue weighted by atomic mass is 10.2. The lowest BCUT2D eigenvalue weighted by Gasteiger charge is -2.25. The molecule has 0 spiro atoms. The Morgan fingerprint density at radius 2 is 1.86 bits per heavy atom. The maximum atomic E-state index is 8.60. The molecule has 21 heavy (non-hydrogen) atoms. The highest BCUT2D eigenvalue weighted by atomic mass is 16.5. The van der Waals surface area contributed by atoms with Gasteiger partial charge in [-0.1, -0.05) is 5.16 Å². The molecular weight excluding hydrogens is 270 g/mol. The molecule has 6 heteroatoms. The summed E-state index contributed by atoms with van der Waals surface area (Å²) >= 11 is 0. The van der Waals surface area contributed by atoms with Crippen LogP contribution < -0.4 is 10.5 Å². The van der Waals surface area contributed by atoms with Crippen LogP contribution >= 0.6 is 0 Å². The fourth-order valence-electron chi connectivity index (χ4n) is 1.90. The number of rotatable bonds is 9. The van der Waals surface area contributed by atoms with E-state index in [1.54, 1.807) is 19.2 Å². The summed E-state index contributed by atoms with van der Waals surface area (Å²) in [6.45, 7) is 7.35. The lowest BCUT2D eigenvalue weighted by molar-refractivity contribution is 0.116. The number of nitrogens with two attached hydrogens (primary N) is 1. The van der Waals surface area contributed by atoms with Gasteiger partial charge >= 0.3 is 0 Å². The highest BCUT2D eigenvalue weighted by Gasteiger charge is 2.09. The van der Waals surface area contributed by atoms with E-state index in [-0.39, 0.29) is 5.84 Å². The molecule has 0 bridgehead atoms. The van der Waals surface area contributed by atoms with Crippen molar-refractivity contribution in [1.29, 1.82) is 0 Å². The third-order valence-electron chi connectivity index (χ3n) is 3.22. The Morgan fingerprint density at radius 3 is 2.38 bits per heavy atom. The van der Waals surface area contributed by atoms with E-state index in [4.69, 9.17) is 20.4 Å². The number of ether oxygens (including phenoxy) is 2. The highest BCUT2D eigenvalue weighted by molar-refractivity contribution is 5.97. The SMILES string of the molecule is COCCN(CCOc1ccc(/C(N)=N/O)cc1)C(C)C. The van der Waals surface area contributed by atoms with Crippen LogP contribution in [0, 0.1) is 0 Å². The lowest BCUT2D eigenvalue weighted by Crippen LogP contribution is -2.37. The molecule has 1 aromatic rings. The molecule has 0 radical (unpaired) electrons. The monoisotopic (exact) mass is 295 g/mol. The van der Waals surface area contributed by atoms with Crippen LogP contribution in [0.1, 0.15) is 19.4 Å². The maximum absolute atomic E-state index is 8.60. The average Bonchev–Trinajstić information content (AvgIpc) is 2.50. The molecule has 0 unspecified atom stereocenters. The summed E-state index contributed by atoms with van der Waals surface area (Å²) < 4.78 is 10.8. The smallest absolute Gasteiger partial charge is 0.170 e. The van der Waals surface area contributed by atoms with E-state index in [1.165, 1.54) is 0 Å². The van der Waals surface area contributed by atoms with Crippen molar-refractivity contribution in [3.8, 4) is 5.75 Å². The van der Waals surface area contributed by atoms with Gasteiger partial charge in [0.15, 0.2) is 5.84 Å². The van der Waals surface area contributed by atoms with E-state index in [1.807, 2.05) is 12.1 Å². The van der Waals surface area contributed by atoms with E-state index in [2.05, 4.69) is 23.9 Å². The first kappa shape index (κ1) is 17.3. The molecule has 1 rings (SSSR count). The van der Waals surface area contributed by atoms with Gasteiger partial charge in [-0.2, -0.15) is 0 Å². The molecule has 1 aromatic carbocycles. The van der Waals surface area contributed by atoms with Gasteiger partial charge in [0.2, 0.25) is 0 Å².